The number of aliphatic hydroxyl groups is 3. The minimum atomic E-state index is -2.30. The van der Waals surface area contributed by atoms with Gasteiger partial charge in [-0.3, -0.25) is 14.4 Å². The summed E-state index contributed by atoms with van der Waals surface area (Å²) in [6.45, 7) is 15.8. The van der Waals surface area contributed by atoms with Gasteiger partial charge in [-0.1, -0.05) is 52.7 Å². The van der Waals surface area contributed by atoms with Crippen LogP contribution in [0.4, 0.5) is 0 Å². The second-order valence-electron chi connectivity index (χ2n) is 13.8. The molecule has 3 rings (SSSR count). The second kappa shape index (κ2) is 10.4. The third-order valence-electron chi connectivity index (χ3n) is 9.72. The summed E-state index contributed by atoms with van der Waals surface area (Å²) in [6, 6.07) is 0. The van der Waals surface area contributed by atoms with E-state index in [2.05, 4.69) is 6.92 Å². The maximum absolute atomic E-state index is 14.6. The first-order valence-corrected chi connectivity index (χ1v) is 14.2. The number of carbonyl (C=O) groups is 3. The first-order chi connectivity index (χ1) is 17.8. The largest absolute Gasteiger partial charge is 0.461 e. The zero-order chi connectivity index (χ0) is 29.8. The molecule has 3 aliphatic rings. The van der Waals surface area contributed by atoms with Crippen molar-refractivity contribution in [1.82, 2.24) is 0 Å². The Morgan fingerprint density at radius 3 is 2.28 bits per heavy atom. The van der Waals surface area contributed by atoms with Gasteiger partial charge in [0.25, 0.3) is 0 Å². The van der Waals surface area contributed by atoms with Crippen LogP contribution in [0.2, 0.25) is 0 Å². The van der Waals surface area contributed by atoms with Crippen LogP contribution in [0.25, 0.3) is 0 Å². The highest BCUT2D eigenvalue weighted by atomic mass is 16.6. The summed E-state index contributed by atoms with van der Waals surface area (Å²) in [7, 11) is 0. The number of fused-ring (bicyclic) bond motifs is 1. The Kier molecular flexibility index (Phi) is 8.42. The smallest absolute Gasteiger partial charge is 0.311 e. The van der Waals surface area contributed by atoms with Crippen LogP contribution in [-0.2, 0) is 23.9 Å². The molecular weight excluding hydrogens is 500 g/mol. The highest BCUT2D eigenvalue weighted by molar-refractivity contribution is 5.95. The number of hydrogen-bond donors (Lipinski definition) is 3. The van der Waals surface area contributed by atoms with Crippen LogP contribution in [0, 0.1) is 28.1 Å². The number of aliphatic hydroxyl groups excluding tert-OH is 2. The molecule has 0 aromatic heterocycles. The first-order valence-electron chi connectivity index (χ1n) is 14.2. The van der Waals surface area contributed by atoms with Crippen LogP contribution in [-0.4, -0.2) is 63.1 Å². The molecule has 0 saturated heterocycles. The molecule has 1 saturated carbocycles. The number of unbranched alkanes of at least 4 members (excludes halogenated alkanes) is 2. The first kappa shape index (κ1) is 31.5. The normalized spacial score (nSPS) is 37.7. The van der Waals surface area contributed by atoms with Gasteiger partial charge in [0.2, 0.25) is 0 Å². The van der Waals surface area contributed by atoms with Crippen molar-refractivity contribution in [3.8, 4) is 0 Å². The summed E-state index contributed by atoms with van der Waals surface area (Å²) in [5.41, 5.74) is -6.33. The van der Waals surface area contributed by atoms with Gasteiger partial charge in [0.1, 0.15) is 30.0 Å². The summed E-state index contributed by atoms with van der Waals surface area (Å²) in [5.74, 6) is -2.74. The van der Waals surface area contributed by atoms with Crippen molar-refractivity contribution in [1.29, 1.82) is 0 Å². The van der Waals surface area contributed by atoms with Gasteiger partial charge in [-0.15, -0.1) is 0 Å². The molecule has 220 valence electrons. The lowest BCUT2D eigenvalue weighted by Gasteiger charge is -2.48. The molecule has 7 atom stereocenters. The highest BCUT2D eigenvalue weighted by Gasteiger charge is 2.73. The minimum Gasteiger partial charge on any atom is -0.461 e. The van der Waals surface area contributed by atoms with E-state index in [-0.39, 0.29) is 36.8 Å². The molecule has 0 radical (unpaired) electrons. The maximum Gasteiger partial charge on any atom is 0.311 e. The number of ether oxygens (including phenoxy) is 2. The fourth-order valence-corrected chi connectivity index (χ4v) is 6.83. The predicted octanol–water partition coefficient (Wildman–Crippen LogP) is 4.05. The average Bonchev–Trinajstić information content (AvgIpc) is 2.98. The van der Waals surface area contributed by atoms with Crippen molar-refractivity contribution in [3.05, 3.63) is 23.3 Å². The topological polar surface area (TPSA) is 130 Å². The van der Waals surface area contributed by atoms with Crippen LogP contribution < -0.4 is 0 Å². The van der Waals surface area contributed by atoms with Crippen molar-refractivity contribution < 1.29 is 39.2 Å². The molecule has 0 aliphatic heterocycles. The highest BCUT2D eigenvalue weighted by Crippen LogP contribution is 2.63. The van der Waals surface area contributed by atoms with Crippen LogP contribution >= 0.6 is 0 Å². The summed E-state index contributed by atoms with van der Waals surface area (Å²) in [5, 5.41) is 35.2. The van der Waals surface area contributed by atoms with Crippen LogP contribution in [0.3, 0.4) is 0 Å². The molecule has 8 heteroatoms. The molecule has 39 heavy (non-hydrogen) atoms. The Morgan fingerprint density at radius 1 is 1.10 bits per heavy atom. The average molecular weight is 549 g/mol. The maximum atomic E-state index is 14.6. The van der Waals surface area contributed by atoms with E-state index in [1.807, 2.05) is 20.8 Å². The van der Waals surface area contributed by atoms with E-state index in [1.54, 1.807) is 46.8 Å². The molecule has 3 aliphatic carbocycles. The summed E-state index contributed by atoms with van der Waals surface area (Å²) in [6.07, 6.45) is 3.04. The quantitative estimate of drug-likeness (QED) is 0.247. The summed E-state index contributed by atoms with van der Waals surface area (Å²) < 4.78 is 11.7. The molecule has 1 spiro atoms. The zero-order valence-electron chi connectivity index (χ0n) is 25.1. The van der Waals surface area contributed by atoms with Crippen LogP contribution in [0.5, 0.6) is 0 Å². The van der Waals surface area contributed by atoms with E-state index >= 15 is 0 Å². The molecule has 3 N–H and O–H groups in total. The van der Waals surface area contributed by atoms with Gasteiger partial charge in [-0.2, -0.15) is 0 Å². The van der Waals surface area contributed by atoms with E-state index in [0.29, 0.717) is 12.0 Å². The predicted molar refractivity (Wildman–Crippen MR) is 146 cm³/mol. The van der Waals surface area contributed by atoms with Gasteiger partial charge in [-0.05, 0) is 64.5 Å². The van der Waals surface area contributed by atoms with Gasteiger partial charge in [0, 0.05) is 17.8 Å². The van der Waals surface area contributed by atoms with Gasteiger partial charge in [0.05, 0.1) is 10.8 Å². The van der Waals surface area contributed by atoms with Crippen LogP contribution in [0.1, 0.15) is 94.4 Å². The van der Waals surface area contributed by atoms with E-state index in [9.17, 15) is 29.7 Å². The number of carbonyl (C=O) groups excluding carboxylic acids is 3. The molecule has 8 nitrogen and oxygen atoms in total. The lowest BCUT2D eigenvalue weighted by molar-refractivity contribution is -0.192. The number of Topliss-reactive ketones (excluding diaryl/α,β-unsaturated/α-hetero) is 1. The summed E-state index contributed by atoms with van der Waals surface area (Å²) in [4.78, 5) is 40.2. The number of allylic oxidation sites excluding steroid dienone is 1. The number of ketones is 1. The lowest BCUT2D eigenvalue weighted by atomic mass is 9.59. The van der Waals surface area contributed by atoms with E-state index in [4.69, 9.17) is 9.47 Å². The van der Waals surface area contributed by atoms with Gasteiger partial charge in [0.15, 0.2) is 5.78 Å². The third-order valence-corrected chi connectivity index (χ3v) is 9.72. The zero-order valence-corrected chi connectivity index (χ0v) is 25.1. The molecule has 2 bridgehead atoms. The molecule has 0 aromatic carbocycles. The second-order valence-corrected chi connectivity index (χ2v) is 13.8. The molecule has 0 amide bonds. The number of hydrogen-bond acceptors (Lipinski definition) is 8. The molecule has 0 aromatic rings. The Hall–Kier alpha value is -2.03. The summed E-state index contributed by atoms with van der Waals surface area (Å²) >= 11 is 0. The van der Waals surface area contributed by atoms with Gasteiger partial charge in [-0.25, -0.2) is 0 Å². The van der Waals surface area contributed by atoms with Crippen molar-refractivity contribution in [2.45, 2.75) is 118 Å². The van der Waals surface area contributed by atoms with Crippen molar-refractivity contribution in [2.75, 3.05) is 6.61 Å². The Bertz CT molecular complexity index is 1060. The number of rotatable bonds is 7. The molecule has 3 unspecified atom stereocenters. The van der Waals surface area contributed by atoms with Gasteiger partial charge < -0.3 is 24.8 Å². The Labute approximate surface area is 232 Å². The third kappa shape index (κ3) is 4.80. The minimum absolute atomic E-state index is 0.135. The molecular formula is C31H48O8. The van der Waals surface area contributed by atoms with Gasteiger partial charge >= 0.3 is 11.9 Å². The number of esters is 2. The lowest BCUT2D eigenvalue weighted by Crippen LogP contribution is -2.65. The van der Waals surface area contributed by atoms with Crippen molar-refractivity contribution >= 4 is 17.7 Å². The Balaban J connectivity index is 2.19. The molecule has 0 heterocycles. The fraction of sp³-hybridized carbons (Fsp3) is 0.774. The Morgan fingerprint density at radius 2 is 1.72 bits per heavy atom. The SMILES string of the molecule is CCCCCC(=O)O[C@]1(C)C[C@@H](C)C23C=C(C)[C@H](O)[C@@]2(O)C(O)C(COC(=O)C(C)(C)C)=CC(C3=O)C1(C)C. The van der Waals surface area contributed by atoms with Crippen molar-refractivity contribution in [3.63, 3.8) is 0 Å². The molecule has 1 fully saturated rings. The fourth-order valence-electron chi connectivity index (χ4n) is 6.83. The standard InChI is InChI=1S/C31H48O8/c1-10-11-12-13-22(32)39-29(9)16-19(3)30-15-18(2)23(33)31(30,37)24(34)20(17-38-26(36)27(4,5)6)14-21(25(30)35)28(29,7)8/h14-15,19,21,23-24,33-34,37H,10-13,16-17H2,1-9H3/t19-,21?,23+,24?,29-,30?,31-/m1/s1. The van der Waals surface area contributed by atoms with Crippen LogP contribution in [0.15, 0.2) is 23.3 Å². The van der Waals surface area contributed by atoms with Crippen molar-refractivity contribution in [2.24, 2.45) is 28.1 Å². The van der Waals surface area contributed by atoms with E-state index in [1.165, 1.54) is 0 Å². The monoisotopic (exact) mass is 548 g/mol. The van der Waals surface area contributed by atoms with E-state index in [0.717, 1.165) is 12.8 Å². The van der Waals surface area contributed by atoms with E-state index < -0.39 is 57.5 Å².